The first-order chi connectivity index (χ1) is 19.0. The van der Waals surface area contributed by atoms with Gasteiger partial charge in [0.25, 0.3) is 11.8 Å². The minimum absolute atomic E-state index is 0.0545. The Morgan fingerprint density at radius 3 is 2.35 bits per heavy atom. The lowest BCUT2D eigenvalue weighted by Crippen LogP contribution is -2.53. The summed E-state index contributed by atoms with van der Waals surface area (Å²) < 4.78 is 40.6. The highest BCUT2D eigenvalue weighted by atomic mass is 19.4. The second-order valence-corrected chi connectivity index (χ2v) is 9.84. The molecule has 0 bridgehead atoms. The fraction of sp³-hybridized carbons (Fsp3) is 0.290. The maximum Gasteiger partial charge on any atom is 0.417 e. The summed E-state index contributed by atoms with van der Waals surface area (Å²) in [5, 5.41) is 20.2. The second kappa shape index (κ2) is 11.9. The lowest BCUT2D eigenvalue weighted by atomic mass is 9.76. The van der Waals surface area contributed by atoms with Gasteiger partial charge in [-0.2, -0.15) is 13.2 Å². The van der Waals surface area contributed by atoms with Gasteiger partial charge in [-0.15, -0.1) is 6.42 Å². The van der Waals surface area contributed by atoms with Crippen LogP contribution in [0.15, 0.2) is 66.7 Å². The van der Waals surface area contributed by atoms with Crippen molar-refractivity contribution < 1.29 is 27.9 Å². The number of rotatable bonds is 7. The summed E-state index contributed by atoms with van der Waals surface area (Å²) in [6, 6.07) is 17.6. The van der Waals surface area contributed by atoms with Crippen LogP contribution in [0.3, 0.4) is 0 Å². The zero-order valence-corrected chi connectivity index (χ0v) is 21.9. The highest BCUT2D eigenvalue weighted by Crippen LogP contribution is 2.35. The first-order valence-electron chi connectivity index (χ1n) is 12.9. The number of anilines is 1. The average Bonchev–Trinajstić information content (AvgIpc) is 2.96. The van der Waals surface area contributed by atoms with Crippen LogP contribution in [0.25, 0.3) is 11.1 Å². The first kappa shape index (κ1) is 28.9. The Morgan fingerprint density at radius 1 is 1.02 bits per heavy atom. The van der Waals surface area contributed by atoms with Gasteiger partial charge in [0.2, 0.25) is 0 Å². The molecule has 6 nitrogen and oxygen atoms in total. The van der Waals surface area contributed by atoms with Crippen molar-refractivity contribution in [1.29, 1.82) is 0 Å². The van der Waals surface area contributed by atoms with Crippen molar-refractivity contribution in [2.24, 2.45) is 5.92 Å². The Bertz CT molecular complexity index is 1440. The predicted molar refractivity (Wildman–Crippen MR) is 148 cm³/mol. The molecule has 0 saturated carbocycles. The van der Waals surface area contributed by atoms with Crippen LogP contribution in [0.5, 0.6) is 0 Å². The zero-order chi connectivity index (χ0) is 28.9. The van der Waals surface area contributed by atoms with Crippen LogP contribution >= 0.6 is 0 Å². The van der Waals surface area contributed by atoms with E-state index in [-0.39, 0.29) is 23.6 Å². The third-order valence-electron chi connectivity index (χ3n) is 7.23. The third kappa shape index (κ3) is 6.36. The quantitative estimate of drug-likeness (QED) is 0.324. The van der Waals surface area contributed by atoms with Gasteiger partial charge in [0.1, 0.15) is 5.60 Å². The number of alkyl halides is 3. The normalized spacial score (nSPS) is 15.5. The summed E-state index contributed by atoms with van der Waals surface area (Å²) in [4.78, 5) is 25.7. The molecule has 40 heavy (non-hydrogen) atoms. The summed E-state index contributed by atoms with van der Waals surface area (Å²) in [6.07, 6.45) is 1.50. The first-order valence-corrected chi connectivity index (χ1v) is 12.9. The molecule has 0 aromatic heterocycles. The molecule has 4 N–H and O–H groups in total. The number of benzene rings is 3. The predicted octanol–water partition coefficient (Wildman–Crippen LogP) is 4.63. The SMILES string of the molecule is C#Cc1ccc(NC(=O)C(O)(Cc2cccc(-c3cccc(C(=O)NC)c3)c2)C2CCNCC2)cc1C(F)(F)F. The van der Waals surface area contributed by atoms with Crippen molar-refractivity contribution in [3.05, 3.63) is 89.0 Å². The molecule has 4 rings (SSSR count). The number of carbonyl (C=O) groups excluding carboxylic acids is 2. The van der Waals surface area contributed by atoms with Gasteiger partial charge < -0.3 is 21.1 Å². The van der Waals surface area contributed by atoms with E-state index in [1.807, 2.05) is 24.1 Å². The van der Waals surface area contributed by atoms with Gasteiger partial charge in [0, 0.05) is 30.3 Å². The number of terminal acetylenes is 1. The fourth-order valence-electron chi connectivity index (χ4n) is 5.09. The van der Waals surface area contributed by atoms with Crippen LogP contribution in [0.2, 0.25) is 0 Å². The summed E-state index contributed by atoms with van der Waals surface area (Å²) in [5.41, 5.74) is -0.650. The van der Waals surface area contributed by atoms with Crippen molar-refractivity contribution in [2.45, 2.75) is 31.0 Å². The molecule has 1 heterocycles. The monoisotopic (exact) mass is 549 g/mol. The summed E-state index contributed by atoms with van der Waals surface area (Å²) in [5.74, 6) is 0.581. The van der Waals surface area contributed by atoms with Crippen molar-refractivity contribution in [2.75, 3.05) is 25.5 Å². The van der Waals surface area contributed by atoms with Gasteiger partial charge in [0.15, 0.2) is 0 Å². The Kier molecular flexibility index (Phi) is 8.62. The van der Waals surface area contributed by atoms with E-state index in [4.69, 9.17) is 6.42 Å². The van der Waals surface area contributed by atoms with E-state index in [9.17, 15) is 27.9 Å². The minimum atomic E-state index is -4.71. The molecule has 1 aliphatic heterocycles. The second-order valence-electron chi connectivity index (χ2n) is 9.84. The van der Waals surface area contributed by atoms with Crippen molar-refractivity contribution in [3.8, 4) is 23.5 Å². The highest BCUT2D eigenvalue weighted by molar-refractivity contribution is 5.98. The van der Waals surface area contributed by atoms with E-state index in [1.54, 1.807) is 37.4 Å². The molecule has 2 amide bonds. The Morgan fingerprint density at radius 2 is 1.70 bits per heavy atom. The standard InChI is InChI=1S/C31H30F3N3O3/c1-3-21-10-11-26(18-27(21)31(32,33)34)37-29(39)30(40,25-12-14-36-15-13-25)19-20-6-4-7-22(16-20)23-8-5-9-24(17-23)28(38)35-2/h1,4-11,16-18,25,36,40H,12-15,19H2,2H3,(H,35,38)(H,37,39). The van der Waals surface area contributed by atoms with E-state index in [2.05, 4.69) is 16.0 Å². The average molecular weight is 550 g/mol. The number of hydrogen-bond donors (Lipinski definition) is 4. The molecule has 208 valence electrons. The van der Waals surface area contributed by atoms with E-state index in [0.29, 0.717) is 37.1 Å². The molecule has 0 spiro atoms. The van der Waals surface area contributed by atoms with Crippen LogP contribution in [0.1, 0.15) is 39.9 Å². The molecule has 0 aliphatic carbocycles. The molecule has 1 fully saturated rings. The van der Waals surface area contributed by atoms with E-state index >= 15 is 0 Å². The topological polar surface area (TPSA) is 90.5 Å². The molecule has 1 saturated heterocycles. The lowest BCUT2D eigenvalue weighted by molar-refractivity contribution is -0.141. The maximum atomic E-state index is 13.6. The van der Waals surface area contributed by atoms with Gasteiger partial charge in [-0.05, 0) is 78.9 Å². The minimum Gasteiger partial charge on any atom is -0.379 e. The summed E-state index contributed by atoms with van der Waals surface area (Å²) >= 11 is 0. The molecule has 3 aromatic carbocycles. The van der Waals surface area contributed by atoms with Crippen molar-refractivity contribution in [1.82, 2.24) is 10.6 Å². The molecule has 1 atom stereocenters. The van der Waals surface area contributed by atoms with Crippen LogP contribution < -0.4 is 16.0 Å². The van der Waals surface area contributed by atoms with E-state index in [1.165, 1.54) is 6.07 Å². The lowest BCUT2D eigenvalue weighted by Gasteiger charge is -2.37. The highest BCUT2D eigenvalue weighted by Gasteiger charge is 2.44. The number of hydrogen-bond acceptors (Lipinski definition) is 4. The van der Waals surface area contributed by atoms with Gasteiger partial charge in [-0.25, -0.2) is 0 Å². The number of nitrogens with one attached hydrogen (secondary N) is 3. The Balaban J connectivity index is 1.66. The smallest absolute Gasteiger partial charge is 0.379 e. The van der Waals surface area contributed by atoms with Crippen LogP contribution in [0.4, 0.5) is 18.9 Å². The van der Waals surface area contributed by atoms with Gasteiger partial charge in [-0.3, -0.25) is 9.59 Å². The number of amides is 2. The van der Waals surface area contributed by atoms with E-state index < -0.39 is 29.2 Å². The largest absolute Gasteiger partial charge is 0.417 e. The van der Waals surface area contributed by atoms with Crippen molar-refractivity contribution in [3.63, 3.8) is 0 Å². The Hall–Kier alpha value is -4.13. The number of aliphatic hydroxyl groups is 1. The van der Waals surface area contributed by atoms with Crippen LogP contribution in [-0.2, 0) is 17.4 Å². The van der Waals surface area contributed by atoms with Crippen LogP contribution in [-0.4, -0.2) is 42.7 Å². The number of carbonyl (C=O) groups is 2. The molecule has 0 radical (unpaired) electrons. The van der Waals surface area contributed by atoms with Gasteiger partial charge >= 0.3 is 6.18 Å². The maximum absolute atomic E-state index is 13.6. The molecular weight excluding hydrogens is 519 g/mol. The molecule has 1 unspecified atom stereocenters. The fourth-order valence-corrected chi connectivity index (χ4v) is 5.09. The summed E-state index contributed by atoms with van der Waals surface area (Å²) in [7, 11) is 1.55. The van der Waals surface area contributed by atoms with E-state index in [0.717, 1.165) is 23.3 Å². The van der Waals surface area contributed by atoms with Gasteiger partial charge in [0.05, 0.1) is 5.56 Å². The van der Waals surface area contributed by atoms with Gasteiger partial charge in [-0.1, -0.05) is 42.3 Å². The molecule has 1 aliphatic rings. The third-order valence-corrected chi connectivity index (χ3v) is 7.23. The van der Waals surface area contributed by atoms with Crippen molar-refractivity contribution >= 4 is 17.5 Å². The molecular formula is C31H30F3N3O3. The zero-order valence-electron chi connectivity index (χ0n) is 21.9. The summed E-state index contributed by atoms with van der Waals surface area (Å²) in [6.45, 7) is 1.20. The van der Waals surface area contributed by atoms with Crippen LogP contribution in [0, 0.1) is 18.3 Å². The number of halogens is 3. The molecule has 3 aromatic rings. The number of piperidine rings is 1. The Labute approximate surface area is 231 Å². The molecule has 9 heteroatoms.